The number of thiol groups is 1. The van der Waals surface area contributed by atoms with Gasteiger partial charge in [-0.25, -0.2) is 8.42 Å². The van der Waals surface area contributed by atoms with Crippen molar-refractivity contribution in [2.45, 2.75) is 17.6 Å². The predicted molar refractivity (Wildman–Crippen MR) is 55.0 cm³/mol. The van der Waals surface area contributed by atoms with Crippen molar-refractivity contribution in [1.29, 1.82) is 0 Å². The average molecular weight is 250 g/mol. The highest BCUT2D eigenvalue weighted by atomic mass is 32.2. The molecule has 0 aliphatic carbocycles. The van der Waals surface area contributed by atoms with E-state index in [0.717, 1.165) is 5.56 Å². The van der Waals surface area contributed by atoms with E-state index in [9.17, 15) is 16.8 Å². The molecule has 0 atom stereocenters. The number of hydrogen-bond donors (Lipinski definition) is 2. The van der Waals surface area contributed by atoms with Crippen LogP contribution in [0.4, 0.5) is 0 Å². The van der Waals surface area contributed by atoms with Gasteiger partial charge < -0.3 is 0 Å². The molecule has 0 unspecified atom stereocenters. The minimum Gasteiger partial charge on any atom is -0.282 e. The Morgan fingerprint density at radius 3 is 2.40 bits per heavy atom. The first-order chi connectivity index (χ1) is 6.80. The Morgan fingerprint density at radius 2 is 1.93 bits per heavy atom. The predicted octanol–water partition coefficient (Wildman–Crippen LogP) is 0.353. The largest absolute Gasteiger partial charge is 0.294 e. The summed E-state index contributed by atoms with van der Waals surface area (Å²) in [4.78, 5) is -0.354. The fourth-order valence-corrected chi connectivity index (χ4v) is 2.57. The molecule has 0 fully saturated rings. The van der Waals surface area contributed by atoms with Crippen molar-refractivity contribution in [3.63, 3.8) is 0 Å². The van der Waals surface area contributed by atoms with Gasteiger partial charge in [0, 0.05) is 0 Å². The third-order valence-electron chi connectivity index (χ3n) is 1.79. The molecule has 84 valence electrons. The van der Waals surface area contributed by atoms with Gasteiger partial charge >= 0.3 is 0 Å². The highest BCUT2D eigenvalue weighted by Crippen LogP contribution is 2.17. The molecule has 0 aromatic heterocycles. The van der Waals surface area contributed by atoms with Gasteiger partial charge in [0.25, 0.3) is 10.1 Å². The molecule has 0 saturated heterocycles. The van der Waals surface area contributed by atoms with Crippen molar-refractivity contribution in [3.05, 3.63) is 29.3 Å². The molecule has 0 heterocycles. The molecule has 15 heavy (non-hydrogen) atoms. The van der Waals surface area contributed by atoms with Crippen LogP contribution in [0, 0.1) is 6.92 Å². The molecular formula is C8H10O5S2. The van der Waals surface area contributed by atoms with Crippen LogP contribution in [-0.4, -0.2) is 21.4 Å². The topological polar surface area (TPSA) is 88.5 Å². The molecule has 0 saturated carbocycles. The Labute approximate surface area is 89.4 Å². The fraction of sp³-hybridized carbons (Fsp3) is 0.250. The van der Waals surface area contributed by atoms with Gasteiger partial charge in [0.1, 0.15) is 10.7 Å². The standard InChI is InChI=1S/C8H10O5S2/c1-6-2-3-8(15(11,12)13)7(4-6)5-14(9)10/h2-4,14H,5H2,1H3,(H,11,12,13). The number of rotatable bonds is 3. The second-order valence-corrected chi connectivity index (χ2v) is 5.45. The summed E-state index contributed by atoms with van der Waals surface area (Å²) in [5, 5.41) is 0. The monoisotopic (exact) mass is 250 g/mol. The molecule has 0 spiro atoms. The lowest BCUT2D eigenvalue weighted by Crippen LogP contribution is -2.04. The highest BCUT2D eigenvalue weighted by Gasteiger charge is 2.15. The van der Waals surface area contributed by atoms with E-state index in [4.69, 9.17) is 4.55 Å². The zero-order chi connectivity index (χ0) is 11.6. The van der Waals surface area contributed by atoms with Gasteiger partial charge in [0.2, 0.25) is 0 Å². The van der Waals surface area contributed by atoms with Crippen molar-refractivity contribution in [2.24, 2.45) is 0 Å². The van der Waals surface area contributed by atoms with Crippen LogP contribution in [0.1, 0.15) is 11.1 Å². The number of hydrogen-bond acceptors (Lipinski definition) is 4. The fourth-order valence-electron chi connectivity index (χ4n) is 1.22. The van der Waals surface area contributed by atoms with E-state index in [2.05, 4.69) is 0 Å². The molecule has 0 bridgehead atoms. The van der Waals surface area contributed by atoms with E-state index in [1.165, 1.54) is 18.2 Å². The first-order valence-corrected chi connectivity index (χ1v) is 6.80. The van der Waals surface area contributed by atoms with Crippen LogP contribution < -0.4 is 0 Å². The van der Waals surface area contributed by atoms with Crippen LogP contribution in [0.3, 0.4) is 0 Å². The summed E-state index contributed by atoms with van der Waals surface area (Å²) < 4.78 is 51.7. The zero-order valence-electron chi connectivity index (χ0n) is 7.87. The normalized spacial score (nSPS) is 11.9. The summed E-state index contributed by atoms with van der Waals surface area (Å²) in [7, 11) is -7.09. The second kappa shape index (κ2) is 4.30. The van der Waals surface area contributed by atoms with E-state index >= 15 is 0 Å². The van der Waals surface area contributed by atoms with Crippen LogP contribution in [0.5, 0.6) is 0 Å². The Balaban J connectivity index is 3.39. The van der Waals surface area contributed by atoms with Gasteiger partial charge in [0.05, 0.1) is 10.6 Å². The lowest BCUT2D eigenvalue weighted by atomic mass is 10.2. The Morgan fingerprint density at radius 1 is 1.33 bits per heavy atom. The average Bonchev–Trinajstić information content (AvgIpc) is 1.99. The van der Waals surface area contributed by atoms with Crippen molar-refractivity contribution >= 4 is 20.8 Å². The van der Waals surface area contributed by atoms with Gasteiger partial charge in [0.15, 0.2) is 0 Å². The molecular weight excluding hydrogens is 240 g/mol. The zero-order valence-corrected chi connectivity index (χ0v) is 9.59. The van der Waals surface area contributed by atoms with Gasteiger partial charge in [-0.2, -0.15) is 8.42 Å². The maximum Gasteiger partial charge on any atom is 0.294 e. The van der Waals surface area contributed by atoms with Crippen LogP contribution >= 0.6 is 0 Å². The Hall–Kier alpha value is -0.920. The molecule has 1 aromatic carbocycles. The first kappa shape index (κ1) is 12.2. The third-order valence-corrected chi connectivity index (χ3v) is 3.35. The van der Waals surface area contributed by atoms with Crippen molar-refractivity contribution < 1.29 is 21.4 Å². The van der Waals surface area contributed by atoms with E-state index in [1.54, 1.807) is 6.92 Å². The minimum atomic E-state index is -4.36. The summed E-state index contributed by atoms with van der Waals surface area (Å²) >= 11 is 0. The quantitative estimate of drug-likeness (QED) is 0.597. The number of benzene rings is 1. The molecule has 0 amide bonds. The Bertz CT molecular complexity index is 534. The van der Waals surface area contributed by atoms with Crippen LogP contribution in [0.15, 0.2) is 23.1 Å². The number of aryl methyl sites for hydroxylation is 1. The summed E-state index contributed by atoms with van der Waals surface area (Å²) in [5.74, 6) is -0.397. The maximum atomic E-state index is 10.9. The summed E-state index contributed by atoms with van der Waals surface area (Å²) in [5.41, 5.74) is 0.822. The van der Waals surface area contributed by atoms with Gasteiger partial charge in [-0.1, -0.05) is 17.7 Å². The molecule has 0 aliphatic rings. The molecule has 0 radical (unpaired) electrons. The summed E-state index contributed by atoms with van der Waals surface area (Å²) in [6, 6.07) is 4.11. The summed E-state index contributed by atoms with van der Waals surface area (Å²) in [6.45, 7) is 1.70. The summed E-state index contributed by atoms with van der Waals surface area (Å²) in [6.07, 6.45) is 0. The minimum absolute atomic E-state index is 0.0913. The van der Waals surface area contributed by atoms with Crippen LogP contribution in [-0.2, 0) is 26.6 Å². The molecule has 1 N–H and O–H groups in total. The molecule has 1 rings (SSSR count). The smallest absolute Gasteiger partial charge is 0.282 e. The Kier molecular flexibility index (Phi) is 3.48. The second-order valence-electron chi connectivity index (χ2n) is 3.08. The van der Waals surface area contributed by atoms with Gasteiger partial charge in [-0.05, 0) is 18.6 Å². The van der Waals surface area contributed by atoms with Gasteiger partial charge in [-0.15, -0.1) is 0 Å². The van der Waals surface area contributed by atoms with E-state index in [0.29, 0.717) is 0 Å². The van der Waals surface area contributed by atoms with Crippen LogP contribution in [0.25, 0.3) is 0 Å². The SMILES string of the molecule is Cc1ccc(S(=O)(=O)O)c(C[SH](=O)=O)c1. The molecule has 5 nitrogen and oxygen atoms in total. The van der Waals surface area contributed by atoms with E-state index in [1.807, 2.05) is 0 Å². The highest BCUT2D eigenvalue weighted by molar-refractivity contribution is 7.86. The molecule has 1 aromatic rings. The first-order valence-electron chi connectivity index (χ1n) is 3.99. The van der Waals surface area contributed by atoms with Crippen molar-refractivity contribution in [1.82, 2.24) is 0 Å². The van der Waals surface area contributed by atoms with E-state index in [-0.39, 0.29) is 10.5 Å². The van der Waals surface area contributed by atoms with Crippen LogP contribution in [0.2, 0.25) is 0 Å². The van der Waals surface area contributed by atoms with E-state index < -0.39 is 26.6 Å². The van der Waals surface area contributed by atoms with Crippen molar-refractivity contribution in [2.75, 3.05) is 0 Å². The maximum absolute atomic E-state index is 10.9. The lowest BCUT2D eigenvalue weighted by Gasteiger charge is -2.04. The lowest BCUT2D eigenvalue weighted by molar-refractivity contribution is 0.482. The molecule has 0 aliphatic heterocycles. The van der Waals surface area contributed by atoms with Gasteiger partial charge in [-0.3, -0.25) is 4.55 Å². The van der Waals surface area contributed by atoms with Crippen molar-refractivity contribution in [3.8, 4) is 0 Å². The third kappa shape index (κ3) is 3.29. The molecule has 7 heteroatoms.